The van der Waals surface area contributed by atoms with Crippen LogP contribution in [0.1, 0.15) is 25.3 Å². The molecule has 2 aromatic rings. The van der Waals surface area contributed by atoms with Crippen molar-refractivity contribution in [2.45, 2.75) is 38.8 Å². The normalized spacial score (nSPS) is 21.6. The molecule has 2 unspecified atom stereocenters. The second kappa shape index (κ2) is 5.13. The fourth-order valence-corrected chi connectivity index (χ4v) is 2.36. The number of nitrogens with one attached hydrogen (secondary N) is 2. The molecule has 3 rings (SSSR count). The largest absolute Gasteiger partial charge is 0.369 e. The van der Waals surface area contributed by atoms with Gasteiger partial charge < -0.3 is 10.6 Å². The first kappa shape index (κ1) is 12.4. The predicted octanol–water partition coefficient (Wildman–Crippen LogP) is 2.49. The Morgan fingerprint density at radius 3 is 2.95 bits per heavy atom. The van der Waals surface area contributed by atoms with Crippen molar-refractivity contribution in [3.8, 4) is 0 Å². The van der Waals surface area contributed by atoms with E-state index in [0.717, 1.165) is 35.9 Å². The van der Waals surface area contributed by atoms with Crippen molar-refractivity contribution in [1.29, 1.82) is 0 Å². The SMILES string of the molecule is Cc1ccc2ncc(NCCCC3NC3C)nc2c1. The molecule has 4 heteroatoms. The van der Waals surface area contributed by atoms with E-state index in [1.54, 1.807) is 0 Å². The molecule has 0 aliphatic carbocycles. The number of hydrogen-bond acceptors (Lipinski definition) is 4. The number of aryl methyl sites for hydroxylation is 1. The highest BCUT2D eigenvalue weighted by Crippen LogP contribution is 2.16. The average Bonchev–Trinajstić information content (AvgIpc) is 3.10. The second-order valence-corrected chi connectivity index (χ2v) is 5.38. The standard InChI is InChI=1S/C15H20N4/c1-10-5-6-13-14(8-10)19-15(9-17-13)16-7-3-4-12-11(2)18-12/h5-6,8-9,11-12,18H,3-4,7H2,1-2H3,(H,16,19). The van der Waals surface area contributed by atoms with E-state index in [9.17, 15) is 0 Å². The van der Waals surface area contributed by atoms with Crippen LogP contribution in [0.3, 0.4) is 0 Å². The third kappa shape index (κ3) is 3.01. The average molecular weight is 256 g/mol. The first-order valence-electron chi connectivity index (χ1n) is 6.96. The molecule has 1 saturated heterocycles. The topological polar surface area (TPSA) is 59.8 Å². The van der Waals surface area contributed by atoms with Gasteiger partial charge in [0.1, 0.15) is 5.82 Å². The number of nitrogens with zero attached hydrogens (tertiary/aromatic N) is 2. The van der Waals surface area contributed by atoms with Crippen LogP contribution in [0, 0.1) is 6.92 Å². The van der Waals surface area contributed by atoms with Crippen LogP contribution in [-0.2, 0) is 0 Å². The molecular weight excluding hydrogens is 236 g/mol. The Bertz CT molecular complexity index is 581. The van der Waals surface area contributed by atoms with E-state index in [-0.39, 0.29) is 0 Å². The molecular formula is C15H20N4. The van der Waals surface area contributed by atoms with Gasteiger partial charge in [-0.1, -0.05) is 6.07 Å². The van der Waals surface area contributed by atoms with Crippen molar-refractivity contribution in [3.05, 3.63) is 30.0 Å². The summed E-state index contributed by atoms with van der Waals surface area (Å²) < 4.78 is 0. The van der Waals surface area contributed by atoms with Gasteiger partial charge in [0.15, 0.2) is 0 Å². The van der Waals surface area contributed by atoms with Crippen LogP contribution in [0.15, 0.2) is 24.4 Å². The molecule has 1 aliphatic heterocycles. The molecule has 2 N–H and O–H groups in total. The molecule has 2 atom stereocenters. The predicted molar refractivity (Wildman–Crippen MR) is 78.4 cm³/mol. The molecule has 0 radical (unpaired) electrons. The van der Waals surface area contributed by atoms with E-state index in [1.165, 1.54) is 12.0 Å². The highest BCUT2D eigenvalue weighted by atomic mass is 15.1. The third-order valence-corrected chi connectivity index (χ3v) is 3.67. The van der Waals surface area contributed by atoms with Gasteiger partial charge in [-0.05, 0) is 44.4 Å². The molecule has 19 heavy (non-hydrogen) atoms. The van der Waals surface area contributed by atoms with Gasteiger partial charge in [-0.2, -0.15) is 0 Å². The second-order valence-electron chi connectivity index (χ2n) is 5.38. The van der Waals surface area contributed by atoms with Crippen LogP contribution in [0.25, 0.3) is 11.0 Å². The van der Waals surface area contributed by atoms with Crippen molar-refractivity contribution in [1.82, 2.24) is 15.3 Å². The lowest BCUT2D eigenvalue weighted by Gasteiger charge is -2.06. The minimum atomic E-state index is 0.712. The molecule has 100 valence electrons. The van der Waals surface area contributed by atoms with E-state index in [0.29, 0.717) is 6.04 Å². The Balaban J connectivity index is 1.58. The van der Waals surface area contributed by atoms with E-state index < -0.39 is 0 Å². The van der Waals surface area contributed by atoms with Crippen LogP contribution < -0.4 is 10.6 Å². The Labute approximate surface area is 113 Å². The van der Waals surface area contributed by atoms with E-state index >= 15 is 0 Å². The summed E-state index contributed by atoms with van der Waals surface area (Å²) in [5, 5.41) is 6.76. The molecule has 2 heterocycles. The molecule has 4 nitrogen and oxygen atoms in total. The number of rotatable bonds is 5. The van der Waals surface area contributed by atoms with Crippen LogP contribution in [-0.4, -0.2) is 28.6 Å². The molecule has 0 saturated carbocycles. The molecule has 1 aromatic heterocycles. The molecule has 1 aliphatic rings. The molecule has 1 aromatic carbocycles. The van der Waals surface area contributed by atoms with E-state index in [1.807, 2.05) is 12.3 Å². The lowest BCUT2D eigenvalue weighted by Crippen LogP contribution is -2.06. The third-order valence-electron chi connectivity index (χ3n) is 3.67. The summed E-state index contributed by atoms with van der Waals surface area (Å²) in [7, 11) is 0. The highest BCUT2D eigenvalue weighted by molar-refractivity contribution is 5.76. The summed E-state index contributed by atoms with van der Waals surface area (Å²) >= 11 is 0. The van der Waals surface area contributed by atoms with Gasteiger partial charge in [-0.15, -0.1) is 0 Å². The van der Waals surface area contributed by atoms with Gasteiger partial charge in [0.05, 0.1) is 17.2 Å². The fraction of sp³-hybridized carbons (Fsp3) is 0.467. The van der Waals surface area contributed by atoms with Crippen LogP contribution in [0.4, 0.5) is 5.82 Å². The summed E-state index contributed by atoms with van der Waals surface area (Å²) in [5.41, 5.74) is 3.13. The molecule has 0 bridgehead atoms. The van der Waals surface area contributed by atoms with Crippen molar-refractivity contribution in [3.63, 3.8) is 0 Å². The minimum absolute atomic E-state index is 0.712. The smallest absolute Gasteiger partial charge is 0.145 e. The van der Waals surface area contributed by atoms with Crippen molar-refractivity contribution >= 4 is 16.9 Å². The Morgan fingerprint density at radius 2 is 2.16 bits per heavy atom. The number of anilines is 1. The molecule has 0 spiro atoms. The summed E-state index contributed by atoms with van der Waals surface area (Å²) in [5.74, 6) is 0.870. The van der Waals surface area contributed by atoms with Gasteiger partial charge in [0.25, 0.3) is 0 Å². The minimum Gasteiger partial charge on any atom is -0.369 e. The summed E-state index contributed by atoms with van der Waals surface area (Å²) in [4.78, 5) is 9.02. The van der Waals surface area contributed by atoms with E-state index in [2.05, 4.69) is 46.6 Å². The lowest BCUT2D eigenvalue weighted by molar-refractivity contribution is 0.736. The first-order chi connectivity index (χ1) is 9.22. The van der Waals surface area contributed by atoms with Crippen molar-refractivity contribution < 1.29 is 0 Å². The zero-order valence-corrected chi connectivity index (χ0v) is 11.5. The number of benzene rings is 1. The van der Waals surface area contributed by atoms with Gasteiger partial charge in [-0.3, -0.25) is 4.98 Å². The van der Waals surface area contributed by atoms with Crippen LogP contribution in [0.2, 0.25) is 0 Å². The Kier molecular flexibility index (Phi) is 3.34. The monoisotopic (exact) mass is 256 g/mol. The van der Waals surface area contributed by atoms with Gasteiger partial charge in [-0.25, -0.2) is 4.98 Å². The summed E-state index contributed by atoms with van der Waals surface area (Å²) in [6.45, 7) is 5.26. The first-order valence-corrected chi connectivity index (χ1v) is 6.96. The zero-order valence-electron chi connectivity index (χ0n) is 11.5. The quantitative estimate of drug-likeness (QED) is 0.637. The Hall–Kier alpha value is -1.68. The number of hydrogen-bond donors (Lipinski definition) is 2. The Morgan fingerprint density at radius 1 is 1.32 bits per heavy atom. The fourth-order valence-electron chi connectivity index (χ4n) is 2.36. The highest BCUT2D eigenvalue weighted by Gasteiger charge is 2.29. The maximum Gasteiger partial charge on any atom is 0.145 e. The van der Waals surface area contributed by atoms with Gasteiger partial charge in [0.2, 0.25) is 0 Å². The van der Waals surface area contributed by atoms with Gasteiger partial charge >= 0.3 is 0 Å². The van der Waals surface area contributed by atoms with Crippen LogP contribution >= 0.6 is 0 Å². The van der Waals surface area contributed by atoms with Crippen LogP contribution in [0.5, 0.6) is 0 Å². The number of aromatic nitrogens is 2. The molecule has 1 fully saturated rings. The van der Waals surface area contributed by atoms with Crippen molar-refractivity contribution in [2.75, 3.05) is 11.9 Å². The maximum absolute atomic E-state index is 4.59. The lowest BCUT2D eigenvalue weighted by atomic mass is 10.2. The van der Waals surface area contributed by atoms with E-state index in [4.69, 9.17) is 0 Å². The van der Waals surface area contributed by atoms with Crippen molar-refractivity contribution in [2.24, 2.45) is 0 Å². The summed E-state index contributed by atoms with van der Waals surface area (Å²) in [6.07, 6.45) is 4.21. The maximum atomic E-state index is 4.59. The number of fused-ring (bicyclic) bond motifs is 1. The zero-order chi connectivity index (χ0) is 13.2. The van der Waals surface area contributed by atoms with Gasteiger partial charge in [0, 0.05) is 18.6 Å². The molecule has 0 amide bonds. The summed E-state index contributed by atoms with van der Waals surface area (Å²) in [6, 6.07) is 7.59.